The number of sulfonamides is 1. The van der Waals surface area contributed by atoms with Crippen molar-refractivity contribution in [3.8, 4) is 0 Å². The quantitative estimate of drug-likeness (QED) is 0.808. The first kappa shape index (κ1) is 16.6. The molecule has 1 heterocycles. The van der Waals surface area contributed by atoms with Crippen LogP contribution in [0.5, 0.6) is 0 Å². The molecular formula is C15H24N2O2S2. The summed E-state index contributed by atoms with van der Waals surface area (Å²) in [5.74, 6) is 0. The van der Waals surface area contributed by atoms with Gasteiger partial charge in [-0.05, 0) is 49.3 Å². The molecule has 1 aromatic rings. The Morgan fingerprint density at radius 1 is 1.33 bits per heavy atom. The summed E-state index contributed by atoms with van der Waals surface area (Å²) < 4.78 is 27.7. The van der Waals surface area contributed by atoms with Crippen LogP contribution in [-0.4, -0.2) is 32.5 Å². The SMILES string of the molecule is CCC(CC)(CNS(=O)(=O)c1ccc2c(c1)CCN2)SC. The Labute approximate surface area is 132 Å². The molecule has 118 valence electrons. The van der Waals surface area contributed by atoms with Crippen molar-refractivity contribution in [1.82, 2.24) is 4.72 Å². The number of hydrogen-bond acceptors (Lipinski definition) is 4. The number of fused-ring (bicyclic) bond motifs is 1. The number of hydrogen-bond donors (Lipinski definition) is 2. The van der Waals surface area contributed by atoms with E-state index in [9.17, 15) is 8.42 Å². The first-order chi connectivity index (χ1) is 9.96. The Balaban J connectivity index is 2.15. The molecule has 0 unspecified atom stereocenters. The van der Waals surface area contributed by atoms with Crippen LogP contribution >= 0.6 is 11.8 Å². The predicted molar refractivity (Wildman–Crippen MR) is 90.7 cm³/mol. The van der Waals surface area contributed by atoms with Crippen LogP contribution in [0.3, 0.4) is 0 Å². The minimum absolute atomic E-state index is 0.0225. The Morgan fingerprint density at radius 2 is 2.05 bits per heavy atom. The molecule has 2 rings (SSSR count). The first-order valence-corrected chi connectivity index (χ1v) is 10.1. The van der Waals surface area contributed by atoms with Crippen LogP contribution in [0.25, 0.3) is 0 Å². The number of anilines is 1. The molecule has 0 radical (unpaired) electrons. The predicted octanol–water partition coefficient (Wildman–Crippen LogP) is 2.85. The standard InChI is InChI=1S/C15H24N2O2S2/c1-4-15(5-2,20-3)11-17-21(18,19)13-6-7-14-12(10-13)8-9-16-14/h6-7,10,16-17H,4-5,8-9,11H2,1-3H3. The topological polar surface area (TPSA) is 58.2 Å². The molecule has 1 aromatic carbocycles. The summed E-state index contributed by atoms with van der Waals surface area (Å²) in [6, 6.07) is 5.33. The van der Waals surface area contributed by atoms with Gasteiger partial charge in [0, 0.05) is 23.5 Å². The Bertz CT molecular complexity index is 587. The fourth-order valence-electron chi connectivity index (χ4n) is 2.62. The van der Waals surface area contributed by atoms with Crippen molar-refractivity contribution in [3.05, 3.63) is 23.8 Å². The van der Waals surface area contributed by atoms with Gasteiger partial charge in [0.1, 0.15) is 0 Å². The molecule has 0 amide bonds. The van der Waals surface area contributed by atoms with Gasteiger partial charge in [-0.2, -0.15) is 11.8 Å². The van der Waals surface area contributed by atoms with E-state index in [-0.39, 0.29) is 4.75 Å². The van der Waals surface area contributed by atoms with E-state index in [4.69, 9.17) is 0 Å². The van der Waals surface area contributed by atoms with Gasteiger partial charge in [0.2, 0.25) is 10.0 Å². The van der Waals surface area contributed by atoms with E-state index in [1.165, 1.54) is 0 Å². The van der Waals surface area contributed by atoms with Gasteiger partial charge in [-0.1, -0.05) is 13.8 Å². The molecule has 0 spiro atoms. The van der Waals surface area contributed by atoms with Crippen molar-refractivity contribution >= 4 is 27.5 Å². The maximum Gasteiger partial charge on any atom is 0.240 e. The summed E-state index contributed by atoms with van der Waals surface area (Å²) >= 11 is 1.74. The number of thioether (sulfide) groups is 1. The molecular weight excluding hydrogens is 304 g/mol. The lowest BCUT2D eigenvalue weighted by Crippen LogP contribution is -2.39. The zero-order valence-electron chi connectivity index (χ0n) is 12.9. The second kappa shape index (κ2) is 6.58. The van der Waals surface area contributed by atoms with Crippen molar-refractivity contribution in [2.24, 2.45) is 0 Å². The van der Waals surface area contributed by atoms with Gasteiger partial charge in [0.25, 0.3) is 0 Å². The highest BCUT2D eigenvalue weighted by Crippen LogP contribution is 2.30. The zero-order valence-corrected chi connectivity index (χ0v) is 14.5. The lowest BCUT2D eigenvalue weighted by molar-refractivity contribution is 0.522. The molecule has 0 aliphatic carbocycles. The second-order valence-corrected chi connectivity index (χ2v) is 8.46. The highest BCUT2D eigenvalue weighted by atomic mass is 32.2. The molecule has 1 aliphatic rings. The van der Waals surface area contributed by atoms with E-state index in [1.807, 2.05) is 12.3 Å². The lowest BCUT2D eigenvalue weighted by atomic mass is 10.0. The van der Waals surface area contributed by atoms with Crippen molar-refractivity contribution in [2.75, 3.05) is 24.7 Å². The summed E-state index contributed by atoms with van der Waals surface area (Å²) in [7, 11) is -3.44. The molecule has 0 atom stereocenters. The smallest absolute Gasteiger partial charge is 0.240 e. The second-order valence-electron chi connectivity index (χ2n) is 5.41. The number of rotatable bonds is 7. The molecule has 1 aliphatic heterocycles. The number of nitrogens with one attached hydrogen (secondary N) is 2. The minimum atomic E-state index is -3.44. The average molecular weight is 329 g/mol. The van der Waals surface area contributed by atoms with Gasteiger partial charge < -0.3 is 5.32 Å². The van der Waals surface area contributed by atoms with Crippen LogP contribution in [0.15, 0.2) is 23.1 Å². The molecule has 4 nitrogen and oxygen atoms in total. The summed E-state index contributed by atoms with van der Waals surface area (Å²) in [6.07, 6.45) is 4.82. The molecule has 21 heavy (non-hydrogen) atoms. The fourth-order valence-corrected chi connectivity index (χ4v) is 4.68. The van der Waals surface area contributed by atoms with Gasteiger partial charge in [0.15, 0.2) is 0 Å². The summed E-state index contributed by atoms with van der Waals surface area (Å²) in [5.41, 5.74) is 2.13. The molecule has 0 saturated carbocycles. The van der Waals surface area contributed by atoms with Crippen molar-refractivity contribution in [1.29, 1.82) is 0 Å². The molecule has 2 N–H and O–H groups in total. The fraction of sp³-hybridized carbons (Fsp3) is 0.600. The van der Waals surface area contributed by atoms with E-state index >= 15 is 0 Å². The molecule has 0 aromatic heterocycles. The lowest BCUT2D eigenvalue weighted by Gasteiger charge is -2.29. The molecule has 0 saturated heterocycles. The summed E-state index contributed by atoms with van der Waals surface area (Å²) in [4.78, 5) is 0.368. The molecule has 0 bridgehead atoms. The Morgan fingerprint density at radius 3 is 2.67 bits per heavy atom. The monoisotopic (exact) mass is 328 g/mol. The summed E-state index contributed by atoms with van der Waals surface area (Å²) in [5, 5.41) is 3.24. The normalized spacial score (nSPS) is 14.8. The van der Waals surface area contributed by atoms with Crippen LogP contribution in [0.4, 0.5) is 5.69 Å². The van der Waals surface area contributed by atoms with Gasteiger partial charge in [-0.15, -0.1) is 0 Å². The van der Waals surface area contributed by atoms with E-state index in [0.717, 1.165) is 37.1 Å². The minimum Gasteiger partial charge on any atom is -0.384 e. The number of benzene rings is 1. The zero-order chi connectivity index (χ0) is 15.5. The van der Waals surface area contributed by atoms with Crippen molar-refractivity contribution in [3.63, 3.8) is 0 Å². The van der Waals surface area contributed by atoms with E-state index < -0.39 is 10.0 Å². The van der Waals surface area contributed by atoms with Crippen LogP contribution < -0.4 is 10.0 Å². The maximum absolute atomic E-state index is 12.5. The maximum atomic E-state index is 12.5. The largest absolute Gasteiger partial charge is 0.384 e. The van der Waals surface area contributed by atoms with Gasteiger partial charge in [0.05, 0.1) is 4.90 Å². The first-order valence-electron chi connectivity index (χ1n) is 7.38. The van der Waals surface area contributed by atoms with E-state index in [0.29, 0.717) is 11.4 Å². The van der Waals surface area contributed by atoms with Crippen LogP contribution in [0.2, 0.25) is 0 Å². The highest BCUT2D eigenvalue weighted by molar-refractivity contribution is 8.00. The van der Waals surface area contributed by atoms with Crippen LogP contribution in [0.1, 0.15) is 32.3 Å². The van der Waals surface area contributed by atoms with Crippen LogP contribution in [-0.2, 0) is 16.4 Å². The third-order valence-corrected chi connectivity index (χ3v) is 7.39. The van der Waals surface area contributed by atoms with Gasteiger partial charge in [-0.25, -0.2) is 13.1 Å². The van der Waals surface area contributed by atoms with Crippen molar-refractivity contribution < 1.29 is 8.42 Å². The Kier molecular flexibility index (Phi) is 5.22. The highest BCUT2D eigenvalue weighted by Gasteiger charge is 2.28. The molecule has 0 fully saturated rings. The van der Waals surface area contributed by atoms with Crippen molar-refractivity contribution in [2.45, 2.75) is 42.8 Å². The average Bonchev–Trinajstić information content (AvgIpc) is 2.96. The van der Waals surface area contributed by atoms with E-state index in [2.05, 4.69) is 23.9 Å². The summed E-state index contributed by atoms with van der Waals surface area (Å²) in [6.45, 7) is 5.57. The van der Waals surface area contributed by atoms with Gasteiger partial charge in [-0.3, -0.25) is 0 Å². The molecule has 6 heteroatoms. The van der Waals surface area contributed by atoms with Crippen LogP contribution in [0, 0.1) is 0 Å². The third kappa shape index (κ3) is 3.55. The Hall–Kier alpha value is -0.720. The third-order valence-electron chi connectivity index (χ3n) is 4.40. The van der Waals surface area contributed by atoms with E-state index in [1.54, 1.807) is 23.9 Å². The van der Waals surface area contributed by atoms with Gasteiger partial charge >= 0.3 is 0 Å².